The Morgan fingerprint density at radius 3 is 2.79 bits per heavy atom. The number of rotatable bonds is 4. The molecule has 1 aromatic carbocycles. The van der Waals surface area contributed by atoms with Gasteiger partial charge in [0, 0.05) is 11.7 Å². The number of anilines is 2. The van der Waals surface area contributed by atoms with Crippen LogP contribution in [-0.4, -0.2) is 5.91 Å². The van der Waals surface area contributed by atoms with Gasteiger partial charge in [-0.1, -0.05) is 0 Å². The van der Waals surface area contributed by atoms with E-state index in [1.54, 1.807) is 11.3 Å². The molecule has 1 atom stereocenters. The van der Waals surface area contributed by atoms with Crippen LogP contribution in [0, 0.1) is 5.82 Å². The molecule has 0 aliphatic heterocycles. The minimum Gasteiger partial charge on any atom is -0.398 e. The molecule has 6 heteroatoms. The minimum absolute atomic E-state index is 0.0405. The van der Waals surface area contributed by atoms with Crippen LogP contribution in [0.2, 0.25) is 0 Å². The zero-order valence-corrected chi connectivity index (χ0v) is 11.1. The fourth-order valence-corrected chi connectivity index (χ4v) is 2.50. The van der Waals surface area contributed by atoms with Gasteiger partial charge in [0.25, 0.3) is 5.91 Å². The van der Waals surface area contributed by atoms with Crippen LogP contribution in [0.25, 0.3) is 0 Å². The van der Waals surface area contributed by atoms with Gasteiger partial charge in [0.1, 0.15) is 5.82 Å². The van der Waals surface area contributed by atoms with Gasteiger partial charge in [-0.2, -0.15) is 11.3 Å². The van der Waals surface area contributed by atoms with E-state index >= 15 is 0 Å². The van der Waals surface area contributed by atoms with E-state index in [0.717, 1.165) is 11.6 Å². The number of benzene rings is 1. The van der Waals surface area contributed by atoms with E-state index in [1.807, 2.05) is 23.8 Å². The van der Waals surface area contributed by atoms with Gasteiger partial charge in [-0.25, -0.2) is 4.39 Å². The first-order valence-corrected chi connectivity index (χ1v) is 6.60. The number of hydrogen-bond acceptors (Lipinski definition) is 4. The number of nitrogens with two attached hydrogens (primary N) is 2. The Morgan fingerprint density at radius 1 is 1.47 bits per heavy atom. The number of carbonyl (C=O) groups excluding carboxylic acids is 1. The van der Waals surface area contributed by atoms with E-state index in [1.165, 1.54) is 6.07 Å². The Kier molecular flexibility index (Phi) is 3.71. The second kappa shape index (κ2) is 5.27. The van der Waals surface area contributed by atoms with Crippen molar-refractivity contribution >= 4 is 28.6 Å². The third-order valence-corrected chi connectivity index (χ3v) is 3.52. The molecule has 1 amide bonds. The predicted octanol–water partition coefficient (Wildman–Crippen LogP) is 2.74. The molecule has 0 aliphatic rings. The van der Waals surface area contributed by atoms with E-state index in [9.17, 15) is 9.18 Å². The molecular formula is C13H14FN3OS. The molecule has 5 N–H and O–H groups in total. The highest BCUT2D eigenvalue weighted by atomic mass is 32.1. The molecule has 0 fully saturated rings. The monoisotopic (exact) mass is 279 g/mol. The molecule has 100 valence electrons. The molecule has 1 unspecified atom stereocenters. The summed E-state index contributed by atoms with van der Waals surface area (Å²) in [5, 5.41) is 6.92. The molecule has 2 rings (SSSR count). The van der Waals surface area contributed by atoms with Gasteiger partial charge in [0.05, 0.1) is 11.3 Å². The molecule has 1 heterocycles. The Hall–Kier alpha value is -2.08. The van der Waals surface area contributed by atoms with Gasteiger partial charge in [0.15, 0.2) is 0 Å². The molecule has 0 saturated heterocycles. The third kappa shape index (κ3) is 2.85. The molecule has 0 saturated carbocycles. The summed E-state index contributed by atoms with van der Waals surface area (Å²) in [7, 11) is 0. The molecule has 0 spiro atoms. The SMILES string of the molecule is CC(Nc1cc(C(N)=O)c(N)cc1F)c1ccsc1. The second-order valence-electron chi connectivity index (χ2n) is 4.21. The number of nitrogens with one attached hydrogen (secondary N) is 1. The number of amides is 1. The lowest BCUT2D eigenvalue weighted by Gasteiger charge is -2.16. The quantitative estimate of drug-likeness (QED) is 0.753. The number of thiophene rings is 1. The van der Waals surface area contributed by atoms with Gasteiger partial charge in [-0.15, -0.1) is 0 Å². The summed E-state index contributed by atoms with van der Waals surface area (Å²) in [4.78, 5) is 11.2. The van der Waals surface area contributed by atoms with Crippen molar-refractivity contribution in [3.8, 4) is 0 Å². The Balaban J connectivity index is 2.30. The van der Waals surface area contributed by atoms with Crippen molar-refractivity contribution < 1.29 is 9.18 Å². The lowest BCUT2D eigenvalue weighted by molar-refractivity contribution is 0.100. The normalized spacial score (nSPS) is 12.1. The molecule has 0 bridgehead atoms. The highest BCUT2D eigenvalue weighted by Crippen LogP contribution is 2.26. The summed E-state index contributed by atoms with van der Waals surface area (Å²) < 4.78 is 13.8. The smallest absolute Gasteiger partial charge is 0.250 e. The first kappa shape index (κ1) is 13.4. The summed E-state index contributed by atoms with van der Waals surface area (Å²) in [6, 6.07) is 4.32. The maximum Gasteiger partial charge on any atom is 0.250 e. The van der Waals surface area contributed by atoms with Crippen molar-refractivity contribution in [3.05, 3.63) is 45.9 Å². The molecular weight excluding hydrogens is 265 g/mol. The van der Waals surface area contributed by atoms with Crippen molar-refractivity contribution in [2.75, 3.05) is 11.1 Å². The fourth-order valence-electron chi connectivity index (χ4n) is 1.75. The number of nitrogen functional groups attached to an aromatic ring is 1. The second-order valence-corrected chi connectivity index (χ2v) is 4.99. The van der Waals surface area contributed by atoms with Gasteiger partial charge in [-0.3, -0.25) is 4.79 Å². The number of hydrogen-bond donors (Lipinski definition) is 3. The van der Waals surface area contributed by atoms with E-state index in [4.69, 9.17) is 11.5 Å². The summed E-state index contributed by atoms with van der Waals surface area (Å²) in [6.45, 7) is 1.90. The largest absolute Gasteiger partial charge is 0.398 e. The first-order chi connectivity index (χ1) is 8.99. The maximum absolute atomic E-state index is 13.8. The van der Waals surface area contributed by atoms with E-state index < -0.39 is 11.7 Å². The van der Waals surface area contributed by atoms with Crippen LogP contribution >= 0.6 is 11.3 Å². The molecule has 0 aliphatic carbocycles. The molecule has 19 heavy (non-hydrogen) atoms. The molecule has 2 aromatic rings. The van der Waals surface area contributed by atoms with Crippen molar-refractivity contribution in [2.45, 2.75) is 13.0 Å². The van der Waals surface area contributed by atoms with Crippen LogP contribution < -0.4 is 16.8 Å². The van der Waals surface area contributed by atoms with Crippen LogP contribution in [0.1, 0.15) is 28.9 Å². The van der Waals surface area contributed by atoms with Crippen molar-refractivity contribution in [1.29, 1.82) is 0 Å². The number of halogens is 1. The Morgan fingerprint density at radius 2 is 2.21 bits per heavy atom. The third-order valence-electron chi connectivity index (χ3n) is 2.82. The lowest BCUT2D eigenvalue weighted by atomic mass is 10.1. The van der Waals surface area contributed by atoms with E-state index in [-0.39, 0.29) is 23.0 Å². The zero-order valence-electron chi connectivity index (χ0n) is 10.3. The van der Waals surface area contributed by atoms with Gasteiger partial charge in [-0.05, 0) is 41.4 Å². The van der Waals surface area contributed by atoms with E-state index in [2.05, 4.69) is 5.32 Å². The standard InChI is InChI=1S/C13H14FN3OS/c1-7(8-2-3-19-6-8)17-12-4-9(13(16)18)11(15)5-10(12)14/h2-7,17H,15H2,1H3,(H2,16,18). The summed E-state index contributed by atoms with van der Waals surface area (Å²) >= 11 is 1.57. The Bertz CT molecular complexity index is 598. The predicted molar refractivity (Wildman–Crippen MR) is 75.7 cm³/mol. The molecule has 4 nitrogen and oxygen atoms in total. The average molecular weight is 279 g/mol. The molecule has 1 aromatic heterocycles. The van der Waals surface area contributed by atoms with Crippen molar-refractivity contribution in [3.63, 3.8) is 0 Å². The lowest BCUT2D eigenvalue weighted by Crippen LogP contribution is -2.15. The average Bonchev–Trinajstić information content (AvgIpc) is 2.85. The minimum atomic E-state index is -0.677. The number of primary amides is 1. The highest BCUT2D eigenvalue weighted by molar-refractivity contribution is 7.07. The summed E-state index contributed by atoms with van der Waals surface area (Å²) in [5.74, 6) is -1.19. The Labute approximate surface area is 114 Å². The van der Waals surface area contributed by atoms with Gasteiger partial charge in [0.2, 0.25) is 0 Å². The summed E-state index contributed by atoms with van der Waals surface area (Å²) in [5.41, 5.74) is 12.1. The summed E-state index contributed by atoms with van der Waals surface area (Å²) in [6.07, 6.45) is 0. The topological polar surface area (TPSA) is 81.1 Å². The van der Waals surface area contributed by atoms with Gasteiger partial charge >= 0.3 is 0 Å². The van der Waals surface area contributed by atoms with Crippen LogP contribution in [0.4, 0.5) is 15.8 Å². The molecule has 0 radical (unpaired) electrons. The van der Waals surface area contributed by atoms with Crippen LogP contribution in [0.5, 0.6) is 0 Å². The van der Waals surface area contributed by atoms with Crippen LogP contribution in [0.3, 0.4) is 0 Å². The van der Waals surface area contributed by atoms with Crippen molar-refractivity contribution in [2.24, 2.45) is 5.73 Å². The fraction of sp³-hybridized carbons (Fsp3) is 0.154. The first-order valence-electron chi connectivity index (χ1n) is 5.66. The van der Waals surface area contributed by atoms with Gasteiger partial charge < -0.3 is 16.8 Å². The van der Waals surface area contributed by atoms with Crippen LogP contribution in [-0.2, 0) is 0 Å². The van der Waals surface area contributed by atoms with E-state index in [0.29, 0.717) is 0 Å². The van der Waals surface area contributed by atoms with Crippen molar-refractivity contribution in [1.82, 2.24) is 0 Å². The maximum atomic E-state index is 13.8. The zero-order chi connectivity index (χ0) is 14.0. The van der Waals surface area contributed by atoms with Crippen LogP contribution in [0.15, 0.2) is 29.0 Å². The highest BCUT2D eigenvalue weighted by Gasteiger charge is 2.14. The number of carbonyl (C=O) groups is 1.